The van der Waals surface area contributed by atoms with Crippen molar-refractivity contribution < 1.29 is 9.90 Å². The Morgan fingerprint density at radius 1 is 1.28 bits per heavy atom. The zero-order valence-electron chi connectivity index (χ0n) is 14.5. The number of hydrogen-bond donors (Lipinski definition) is 1. The zero-order chi connectivity index (χ0) is 17.9. The number of nitriles is 1. The summed E-state index contributed by atoms with van der Waals surface area (Å²) in [6, 6.07) is 12.1. The molecule has 0 saturated carbocycles. The second kappa shape index (κ2) is 11.0. The smallest absolute Gasteiger partial charge is 0.282 e. The van der Waals surface area contributed by atoms with Gasteiger partial charge < -0.3 is 10.0 Å². The maximum atomic E-state index is 12.0. The van der Waals surface area contributed by atoms with E-state index in [0.29, 0.717) is 12.8 Å². The fourth-order valence-corrected chi connectivity index (χ4v) is 3.90. The van der Waals surface area contributed by atoms with Crippen LogP contribution in [0.1, 0.15) is 37.7 Å². The number of aliphatic hydroxyl groups excluding tert-OH is 1. The number of thioether (sulfide) groups is 1. The molecule has 2 atom stereocenters. The van der Waals surface area contributed by atoms with Crippen molar-refractivity contribution in [3.05, 3.63) is 48.0 Å². The molecule has 1 heterocycles. The number of hydrogen-bond acceptors (Lipinski definition) is 4. The summed E-state index contributed by atoms with van der Waals surface area (Å²) >= 11 is 1.35. The number of carbonyl (C=O) groups excluding carboxylic acids is 1. The topological polar surface area (TPSA) is 64.3 Å². The summed E-state index contributed by atoms with van der Waals surface area (Å²) in [7, 11) is 0. The highest BCUT2D eigenvalue weighted by atomic mass is 32.2. The Kier molecular flexibility index (Phi) is 8.58. The summed E-state index contributed by atoms with van der Waals surface area (Å²) in [5, 5.41) is 18.8. The molecule has 0 aliphatic carbocycles. The van der Waals surface area contributed by atoms with Crippen LogP contribution in [0.5, 0.6) is 0 Å². The van der Waals surface area contributed by atoms with E-state index in [9.17, 15) is 9.90 Å². The number of unbranched alkanes of at least 4 members (excludes halogenated alkanes) is 4. The van der Waals surface area contributed by atoms with Gasteiger partial charge in [0.05, 0.1) is 18.2 Å². The van der Waals surface area contributed by atoms with Gasteiger partial charge in [-0.1, -0.05) is 67.1 Å². The van der Waals surface area contributed by atoms with E-state index in [2.05, 4.69) is 6.07 Å². The molecule has 1 aliphatic heterocycles. The SMILES string of the molecule is N#CCCCCCCN1C(=O)SCC1C=CC(O)Cc1ccccc1. The second-order valence-electron chi connectivity index (χ2n) is 6.30. The van der Waals surface area contributed by atoms with E-state index in [4.69, 9.17) is 5.26 Å². The lowest BCUT2D eigenvalue weighted by Gasteiger charge is -2.21. The molecule has 134 valence electrons. The molecule has 25 heavy (non-hydrogen) atoms. The van der Waals surface area contributed by atoms with Crippen molar-refractivity contribution in [2.75, 3.05) is 12.3 Å². The van der Waals surface area contributed by atoms with Crippen molar-refractivity contribution in [3.8, 4) is 6.07 Å². The Bertz CT molecular complexity index is 597. The molecule has 1 fully saturated rings. The van der Waals surface area contributed by atoms with Gasteiger partial charge in [0.25, 0.3) is 5.24 Å². The summed E-state index contributed by atoms with van der Waals surface area (Å²) in [4.78, 5) is 13.9. The average Bonchev–Trinajstić information content (AvgIpc) is 2.97. The number of amides is 1. The van der Waals surface area contributed by atoms with E-state index in [1.165, 1.54) is 11.8 Å². The number of aliphatic hydroxyl groups is 1. The van der Waals surface area contributed by atoms with Crippen molar-refractivity contribution in [1.82, 2.24) is 4.90 Å². The molecule has 1 aliphatic rings. The van der Waals surface area contributed by atoms with E-state index >= 15 is 0 Å². The first kappa shape index (κ1) is 19.6. The lowest BCUT2D eigenvalue weighted by molar-refractivity contribution is 0.213. The lowest BCUT2D eigenvalue weighted by atomic mass is 10.1. The highest BCUT2D eigenvalue weighted by Gasteiger charge is 2.29. The number of nitrogens with zero attached hydrogens (tertiary/aromatic N) is 2. The van der Waals surface area contributed by atoms with Gasteiger partial charge in [-0.25, -0.2) is 0 Å². The Hall–Kier alpha value is -1.77. The van der Waals surface area contributed by atoms with Crippen molar-refractivity contribution >= 4 is 17.0 Å². The standard InChI is InChI=1S/C20H26N2O2S/c21-13-7-2-1-3-8-14-22-18(16-25-20(22)24)11-12-19(23)15-17-9-5-4-6-10-17/h4-6,9-12,18-19,23H,1-3,7-8,14-16H2. The minimum Gasteiger partial charge on any atom is -0.389 e. The van der Waals surface area contributed by atoms with E-state index < -0.39 is 6.10 Å². The van der Waals surface area contributed by atoms with Crippen molar-refractivity contribution in [2.24, 2.45) is 0 Å². The van der Waals surface area contributed by atoms with Gasteiger partial charge in [0.1, 0.15) is 0 Å². The van der Waals surface area contributed by atoms with Crippen LogP contribution in [0.25, 0.3) is 0 Å². The molecular formula is C20H26N2O2S. The van der Waals surface area contributed by atoms with Crippen LogP contribution in [0, 0.1) is 11.3 Å². The van der Waals surface area contributed by atoms with Gasteiger partial charge in [-0.15, -0.1) is 0 Å². The average molecular weight is 359 g/mol. The van der Waals surface area contributed by atoms with Gasteiger partial charge in [0.2, 0.25) is 0 Å². The third kappa shape index (κ3) is 6.93. The largest absolute Gasteiger partial charge is 0.389 e. The fourth-order valence-electron chi connectivity index (χ4n) is 2.90. The summed E-state index contributed by atoms with van der Waals surface area (Å²) in [6.07, 6.45) is 8.45. The maximum Gasteiger partial charge on any atom is 0.282 e. The van der Waals surface area contributed by atoms with Gasteiger partial charge in [-0.2, -0.15) is 5.26 Å². The van der Waals surface area contributed by atoms with Gasteiger partial charge in [-0.05, 0) is 18.4 Å². The Balaban J connectivity index is 1.76. The fraction of sp³-hybridized carbons (Fsp3) is 0.500. The molecule has 1 saturated heterocycles. The van der Waals surface area contributed by atoms with Crippen LogP contribution in [0.2, 0.25) is 0 Å². The van der Waals surface area contributed by atoms with Crippen LogP contribution in [0.3, 0.4) is 0 Å². The molecule has 1 N–H and O–H groups in total. The summed E-state index contributed by atoms with van der Waals surface area (Å²) < 4.78 is 0. The van der Waals surface area contributed by atoms with E-state index in [1.54, 1.807) is 0 Å². The molecule has 0 radical (unpaired) electrons. The van der Waals surface area contributed by atoms with E-state index in [1.807, 2.05) is 47.4 Å². The molecule has 1 aromatic carbocycles. The Morgan fingerprint density at radius 3 is 2.80 bits per heavy atom. The number of rotatable bonds is 10. The molecule has 0 spiro atoms. The number of carbonyl (C=O) groups is 1. The minimum absolute atomic E-state index is 0.0713. The molecule has 4 nitrogen and oxygen atoms in total. The third-order valence-corrected chi connectivity index (χ3v) is 5.28. The summed E-state index contributed by atoms with van der Waals surface area (Å²) in [5.41, 5.74) is 1.10. The second-order valence-corrected chi connectivity index (χ2v) is 7.27. The Labute approximate surface area is 154 Å². The third-order valence-electron chi connectivity index (χ3n) is 4.29. The van der Waals surface area contributed by atoms with Gasteiger partial charge in [0.15, 0.2) is 0 Å². The molecule has 1 aromatic rings. The first-order valence-electron chi connectivity index (χ1n) is 8.91. The predicted molar refractivity (Wildman–Crippen MR) is 102 cm³/mol. The van der Waals surface area contributed by atoms with Crippen LogP contribution in [0.4, 0.5) is 4.79 Å². The first-order chi connectivity index (χ1) is 12.2. The summed E-state index contributed by atoms with van der Waals surface area (Å²) in [5.74, 6) is 0.752. The zero-order valence-corrected chi connectivity index (χ0v) is 15.3. The highest BCUT2D eigenvalue weighted by Crippen LogP contribution is 2.25. The molecule has 0 aromatic heterocycles. The van der Waals surface area contributed by atoms with Crippen molar-refractivity contribution in [2.45, 2.75) is 50.7 Å². The molecule has 2 rings (SSSR count). The van der Waals surface area contributed by atoms with E-state index in [0.717, 1.165) is 43.5 Å². The van der Waals surface area contributed by atoms with E-state index in [-0.39, 0.29) is 11.3 Å². The predicted octanol–water partition coefficient (Wildman–Crippen LogP) is 4.16. The van der Waals surface area contributed by atoms with Gasteiger partial charge in [-0.3, -0.25) is 4.79 Å². The van der Waals surface area contributed by atoms with Crippen LogP contribution in [-0.2, 0) is 6.42 Å². The first-order valence-corrected chi connectivity index (χ1v) is 9.90. The van der Waals surface area contributed by atoms with Crippen molar-refractivity contribution in [3.63, 3.8) is 0 Å². The normalized spacial score (nSPS) is 18.6. The van der Waals surface area contributed by atoms with Crippen LogP contribution in [-0.4, -0.2) is 39.7 Å². The van der Waals surface area contributed by atoms with Gasteiger partial charge in [0, 0.05) is 25.1 Å². The molecule has 2 unspecified atom stereocenters. The molecular weight excluding hydrogens is 332 g/mol. The number of benzene rings is 1. The quantitative estimate of drug-likeness (QED) is 0.504. The maximum absolute atomic E-state index is 12.0. The summed E-state index contributed by atoms with van der Waals surface area (Å²) in [6.45, 7) is 0.752. The molecule has 5 heteroatoms. The van der Waals surface area contributed by atoms with Crippen LogP contribution < -0.4 is 0 Å². The minimum atomic E-state index is -0.532. The van der Waals surface area contributed by atoms with Crippen LogP contribution in [0.15, 0.2) is 42.5 Å². The van der Waals surface area contributed by atoms with Crippen molar-refractivity contribution in [1.29, 1.82) is 5.26 Å². The highest BCUT2D eigenvalue weighted by molar-refractivity contribution is 8.13. The lowest BCUT2D eigenvalue weighted by Crippen LogP contribution is -2.33. The Morgan fingerprint density at radius 2 is 2.04 bits per heavy atom. The molecule has 0 bridgehead atoms. The monoisotopic (exact) mass is 358 g/mol. The van der Waals surface area contributed by atoms with Crippen LogP contribution >= 0.6 is 11.8 Å². The molecule has 1 amide bonds. The van der Waals surface area contributed by atoms with Gasteiger partial charge >= 0.3 is 0 Å².